The monoisotopic (exact) mass is 273 g/mol. The van der Waals surface area contributed by atoms with E-state index >= 15 is 0 Å². The van der Waals surface area contributed by atoms with Gasteiger partial charge in [0.15, 0.2) is 5.82 Å². The fourth-order valence-electron chi connectivity index (χ4n) is 2.40. The third-order valence-corrected chi connectivity index (χ3v) is 4.08. The molecule has 1 aliphatic heterocycles. The molecule has 0 bridgehead atoms. The molecule has 2 aromatic heterocycles. The van der Waals surface area contributed by atoms with Gasteiger partial charge in [0, 0.05) is 18.7 Å². The van der Waals surface area contributed by atoms with Crippen LogP contribution in [0.4, 0.5) is 5.95 Å². The van der Waals surface area contributed by atoms with Gasteiger partial charge in [-0.25, -0.2) is 0 Å². The molecule has 0 saturated carbocycles. The van der Waals surface area contributed by atoms with E-state index in [-0.39, 0.29) is 5.41 Å². The van der Waals surface area contributed by atoms with Crippen LogP contribution >= 0.6 is 0 Å². The van der Waals surface area contributed by atoms with E-state index in [0.717, 1.165) is 49.8 Å². The predicted octanol–water partition coefficient (Wildman–Crippen LogP) is 0.827. The molecule has 1 saturated heterocycles. The zero-order valence-corrected chi connectivity index (χ0v) is 11.6. The van der Waals surface area contributed by atoms with Crippen molar-refractivity contribution < 1.29 is 0 Å². The molecule has 20 heavy (non-hydrogen) atoms. The number of hydrogen-bond acceptors (Lipinski definition) is 6. The molecule has 0 radical (unpaired) electrons. The molecular weight excluding hydrogens is 254 g/mol. The average Bonchev–Trinajstić information content (AvgIpc) is 2.99. The van der Waals surface area contributed by atoms with Crippen LogP contribution in [0.3, 0.4) is 0 Å². The lowest BCUT2D eigenvalue weighted by Gasteiger charge is -2.38. The average molecular weight is 273 g/mol. The largest absolute Gasteiger partial charge is 0.339 e. The first-order valence-corrected chi connectivity index (χ1v) is 6.85. The second-order valence-electron chi connectivity index (χ2n) is 5.62. The Morgan fingerprint density at radius 1 is 1.35 bits per heavy atom. The number of H-pyrrole nitrogens is 1. The normalized spacial score (nSPS) is 18.2. The fourth-order valence-corrected chi connectivity index (χ4v) is 2.40. The SMILES string of the molecule is CC1(CN)CCN(c2n[nH]c(-c3ccnnc3)n2)CC1. The summed E-state index contributed by atoms with van der Waals surface area (Å²) < 4.78 is 0. The number of nitrogens with one attached hydrogen (secondary N) is 1. The van der Waals surface area contributed by atoms with Gasteiger partial charge in [0.05, 0.1) is 12.4 Å². The molecule has 3 rings (SSSR count). The lowest BCUT2D eigenvalue weighted by molar-refractivity contribution is 0.257. The minimum absolute atomic E-state index is 0.255. The summed E-state index contributed by atoms with van der Waals surface area (Å²) >= 11 is 0. The highest BCUT2D eigenvalue weighted by Gasteiger charge is 2.30. The zero-order valence-electron chi connectivity index (χ0n) is 11.6. The van der Waals surface area contributed by atoms with E-state index in [0.29, 0.717) is 0 Å². The summed E-state index contributed by atoms with van der Waals surface area (Å²) in [7, 11) is 0. The molecule has 0 unspecified atom stereocenters. The number of nitrogens with zero attached hydrogens (tertiary/aromatic N) is 5. The Morgan fingerprint density at radius 2 is 2.15 bits per heavy atom. The van der Waals surface area contributed by atoms with Gasteiger partial charge in [-0.3, -0.25) is 5.10 Å². The van der Waals surface area contributed by atoms with Crippen molar-refractivity contribution in [3.8, 4) is 11.4 Å². The van der Waals surface area contributed by atoms with Crippen LogP contribution in [0.25, 0.3) is 11.4 Å². The first-order valence-electron chi connectivity index (χ1n) is 6.85. The van der Waals surface area contributed by atoms with Crippen molar-refractivity contribution in [2.45, 2.75) is 19.8 Å². The summed E-state index contributed by atoms with van der Waals surface area (Å²) in [6, 6.07) is 1.86. The molecular formula is C13H19N7. The molecule has 0 spiro atoms. The summed E-state index contributed by atoms with van der Waals surface area (Å²) in [4.78, 5) is 6.74. The van der Waals surface area contributed by atoms with Crippen LogP contribution in [0.5, 0.6) is 0 Å². The summed E-state index contributed by atoms with van der Waals surface area (Å²) in [5.74, 6) is 1.47. The van der Waals surface area contributed by atoms with Gasteiger partial charge < -0.3 is 10.6 Å². The summed E-state index contributed by atoms with van der Waals surface area (Å²) in [6.45, 7) is 4.87. The number of aromatic amines is 1. The molecule has 0 aliphatic carbocycles. The van der Waals surface area contributed by atoms with E-state index in [9.17, 15) is 0 Å². The molecule has 1 fully saturated rings. The highest BCUT2D eigenvalue weighted by Crippen LogP contribution is 2.31. The van der Waals surface area contributed by atoms with Crippen molar-refractivity contribution in [3.05, 3.63) is 18.5 Å². The van der Waals surface area contributed by atoms with Gasteiger partial charge in [-0.2, -0.15) is 15.2 Å². The standard InChI is InChI=1S/C13H19N7/c1-13(9-14)3-6-20(7-4-13)12-17-11(18-19-12)10-2-5-15-16-8-10/h2,5,8H,3-4,6-7,9,14H2,1H3,(H,17,18,19). The summed E-state index contributed by atoms with van der Waals surface area (Å²) in [5, 5.41) is 14.9. The number of aromatic nitrogens is 5. The Balaban J connectivity index is 1.72. The van der Waals surface area contributed by atoms with Crippen molar-refractivity contribution in [2.24, 2.45) is 11.1 Å². The van der Waals surface area contributed by atoms with Crippen molar-refractivity contribution in [1.29, 1.82) is 0 Å². The first kappa shape index (κ1) is 13.0. The molecule has 0 atom stereocenters. The van der Waals surface area contributed by atoms with Gasteiger partial charge in [0.25, 0.3) is 0 Å². The lowest BCUT2D eigenvalue weighted by Crippen LogP contribution is -2.42. The van der Waals surface area contributed by atoms with Crippen LogP contribution in [0, 0.1) is 5.41 Å². The molecule has 7 nitrogen and oxygen atoms in total. The lowest BCUT2D eigenvalue weighted by atomic mass is 9.81. The van der Waals surface area contributed by atoms with E-state index in [1.165, 1.54) is 0 Å². The van der Waals surface area contributed by atoms with Crippen LogP contribution in [0.15, 0.2) is 18.5 Å². The van der Waals surface area contributed by atoms with Crippen molar-refractivity contribution >= 4 is 5.95 Å². The van der Waals surface area contributed by atoms with Crippen molar-refractivity contribution in [2.75, 3.05) is 24.5 Å². The third-order valence-electron chi connectivity index (χ3n) is 4.08. The van der Waals surface area contributed by atoms with Gasteiger partial charge >= 0.3 is 0 Å². The van der Waals surface area contributed by atoms with Gasteiger partial charge in [-0.05, 0) is 30.9 Å². The Kier molecular flexibility index (Phi) is 3.35. The Morgan fingerprint density at radius 3 is 2.80 bits per heavy atom. The third kappa shape index (κ3) is 2.49. The maximum atomic E-state index is 5.83. The smallest absolute Gasteiger partial charge is 0.245 e. The molecule has 106 valence electrons. The van der Waals surface area contributed by atoms with E-state index in [4.69, 9.17) is 5.73 Å². The maximum Gasteiger partial charge on any atom is 0.245 e. The quantitative estimate of drug-likeness (QED) is 0.859. The number of hydrogen-bond donors (Lipinski definition) is 2. The fraction of sp³-hybridized carbons (Fsp3) is 0.538. The number of anilines is 1. The topological polar surface area (TPSA) is 96.6 Å². The summed E-state index contributed by atoms with van der Waals surface area (Å²) in [5.41, 5.74) is 6.98. The van der Waals surface area contributed by atoms with Gasteiger partial charge in [-0.15, -0.1) is 5.10 Å². The Hall–Kier alpha value is -2.02. The molecule has 2 aromatic rings. The van der Waals surface area contributed by atoms with Crippen LogP contribution in [-0.4, -0.2) is 45.0 Å². The first-order chi connectivity index (χ1) is 9.70. The predicted molar refractivity (Wildman–Crippen MR) is 76.0 cm³/mol. The molecule has 3 heterocycles. The highest BCUT2D eigenvalue weighted by molar-refractivity contribution is 5.54. The second-order valence-corrected chi connectivity index (χ2v) is 5.62. The van der Waals surface area contributed by atoms with Gasteiger partial charge in [-0.1, -0.05) is 6.92 Å². The van der Waals surface area contributed by atoms with E-state index < -0.39 is 0 Å². The second kappa shape index (κ2) is 5.16. The van der Waals surface area contributed by atoms with Crippen LogP contribution in [-0.2, 0) is 0 Å². The van der Waals surface area contributed by atoms with Crippen molar-refractivity contribution in [3.63, 3.8) is 0 Å². The maximum absolute atomic E-state index is 5.83. The minimum atomic E-state index is 0.255. The molecule has 7 heteroatoms. The zero-order chi connectivity index (χ0) is 14.0. The van der Waals surface area contributed by atoms with Crippen LogP contribution in [0.1, 0.15) is 19.8 Å². The van der Waals surface area contributed by atoms with Gasteiger partial charge in [0.2, 0.25) is 5.95 Å². The van der Waals surface area contributed by atoms with E-state index in [1.807, 2.05) is 6.07 Å². The molecule has 3 N–H and O–H groups in total. The highest BCUT2D eigenvalue weighted by atomic mass is 15.4. The Labute approximate surface area is 117 Å². The minimum Gasteiger partial charge on any atom is -0.339 e. The number of rotatable bonds is 3. The van der Waals surface area contributed by atoms with E-state index in [1.54, 1.807) is 12.4 Å². The van der Waals surface area contributed by atoms with Gasteiger partial charge in [0.1, 0.15) is 0 Å². The number of nitrogens with two attached hydrogens (primary N) is 1. The molecule has 0 aromatic carbocycles. The number of piperidine rings is 1. The van der Waals surface area contributed by atoms with Crippen LogP contribution < -0.4 is 10.6 Å². The summed E-state index contributed by atoms with van der Waals surface area (Å²) in [6.07, 6.45) is 5.46. The van der Waals surface area contributed by atoms with E-state index in [2.05, 4.69) is 37.2 Å². The van der Waals surface area contributed by atoms with Crippen LogP contribution in [0.2, 0.25) is 0 Å². The Bertz CT molecular complexity index is 557. The van der Waals surface area contributed by atoms with Crippen molar-refractivity contribution in [1.82, 2.24) is 25.4 Å². The molecule has 1 aliphatic rings. The molecule has 0 amide bonds.